The largest absolute Gasteiger partial charge is 0.289 e. The Balaban J connectivity index is 2.35. The van der Waals surface area contributed by atoms with Crippen molar-refractivity contribution in [1.82, 2.24) is 10.5 Å². The summed E-state index contributed by atoms with van der Waals surface area (Å²) < 4.78 is 0. The average Bonchev–Trinajstić information content (AvgIpc) is 2.49. The zero-order valence-electron chi connectivity index (χ0n) is 11.2. The van der Waals surface area contributed by atoms with Crippen molar-refractivity contribution in [2.45, 2.75) is 13.3 Å². The van der Waals surface area contributed by atoms with E-state index in [1.807, 2.05) is 49.4 Å². The van der Waals surface area contributed by atoms with E-state index in [2.05, 4.69) is 4.98 Å². The van der Waals surface area contributed by atoms with Gasteiger partial charge < -0.3 is 0 Å². The highest BCUT2D eigenvalue weighted by Gasteiger charge is 2.06. The number of carbonyl (C=O) groups excluding carboxylic acids is 1. The zero-order valence-corrected chi connectivity index (χ0v) is 11.2. The van der Waals surface area contributed by atoms with Crippen LogP contribution < -0.4 is 5.48 Å². The number of nitrogens with one attached hydrogen (secondary N) is 1. The molecule has 1 aromatic heterocycles. The number of aromatic nitrogens is 1. The van der Waals surface area contributed by atoms with Crippen LogP contribution in [0.15, 0.2) is 48.7 Å². The van der Waals surface area contributed by atoms with Gasteiger partial charge in [0.15, 0.2) is 0 Å². The molecule has 0 radical (unpaired) electrons. The number of amides is 1. The number of hydrogen-bond acceptors (Lipinski definition) is 3. The molecule has 2 aromatic rings. The van der Waals surface area contributed by atoms with Gasteiger partial charge in [-0.1, -0.05) is 36.4 Å². The van der Waals surface area contributed by atoms with Crippen molar-refractivity contribution >= 4 is 12.0 Å². The van der Waals surface area contributed by atoms with E-state index in [0.29, 0.717) is 0 Å². The molecule has 0 unspecified atom stereocenters. The minimum Gasteiger partial charge on any atom is -0.289 e. The van der Waals surface area contributed by atoms with Crippen LogP contribution in [0.4, 0.5) is 0 Å². The fourth-order valence-electron chi connectivity index (χ4n) is 1.98. The van der Waals surface area contributed by atoms with Crippen molar-refractivity contribution in [3.8, 4) is 11.3 Å². The summed E-state index contributed by atoms with van der Waals surface area (Å²) in [5, 5.41) is 8.48. The first-order valence-corrected chi connectivity index (χ1v) is 6.33. The highest BCUT2D eigenvalue weighted by Crippen LogP contribution is 2.25. The number of hydroxylamine groups is 1. The van der Waals surface area contributed by atoms with Crippen LogP contribution in [0.25, 0.3) is 17.3 Å². The fourth-order valence-corrected chi connectivity index (χ4v) is 1.98. The number of carbonyl (C=O) groups is 1. The van der Waals surface area contributed by atoms with Crippen LogP contribution in [0.2, 0.25) is 0 Å². The number of aryl methyl sites for hydroxylation is 1. The molecule has 4 heteroatoms. The van der Waals surface area contributed by atoms with Crippen molar-refractivity contribution in [3.63, 3.8) is 0 Å². The van der Waals surface area contributed by atoms with Gasteiger partial charge in [0.2, 0.25) is 5.91 Å². The van der Waals surface area contributed by atoms with Crippen molar-refractivity contribution in [2.75, 3.05) is 0 Å². The molecule has 0 saturated carbocycles. The third-order valence-corrected chi connectivity index (χ3v) is 2.98. The molecule has 1 aromatic carbocycles. The smallest absolute Gasteiger partial charge is 0.247 e. The van der Waals surface area contributed by atoms with Gasteiger partial charge in [-0.15, -0.1) is 0 Å². The Labute approximate surface area is 117 Å². The van der Waals surface area contributed by atoms with E-state index in [0.717, 1.165) is 22.4 Å². The fraction of sp³-hybridized carbons (Fsp3) is 0.125. The van der Waals surface area contributed by atoms with Crippen LogP contribution in [0.1, 0.15) is 17.5 Å². The van der Waals surface area contributed by atoms with Gasteiger partial charge in [-0.25, -0.2) is 5.48 Å². The van der Waals surface area contributed by atoms with Crippen LogP contribution in [-0.2, 0) is 4.79 Å². The highest BCUT2D eigenvalue weighted by molar-refractivity contribution is 5.79. The molecule has 1 amide bonds. The minimum absolute atomic E-state index is 0.131. The van der Waals surface area contributed by atoms with Crippen molar-refractivity contribution < 1.29 is 10.0 Å². The molecule has 0 saturated heterocycles. The molecule has 1 heterocycles. The first-order chi connectivity index (χ1) is 9.72. The summed E-state index contributed by atoms with van der Waals surface area (Å²) in [6, 6.07) is 11.8. The van der Waals surface area contributed by atoms with Crippen LogP contribution in [-0.4, -0.2) is 16.1 Å². The first kappa shape index (κ1) is 14.0. The lowest BCUT2D eigenvalue weighted by atomic mass is 9.98. The van der Waals surface area contributed by atoms with E-state index in [9.17, 15) is 4.79 Å². The summed E-state index contributed by atoms with van der Waals surface area (Å²) in [6.45, 7) is 2.01. The van der Waals surface area contributed by atoms with E-state index >= 15 is 0 Å². The van der Waals surface area contributed by atoms with Gasteiger partial charge in [0.05, 0.1) is 5.69 Å². The summed E-state index contributed by atoms with van der Waals surface area (Å²) >= 11 is 0. The number of pyridine rings is 1. The monoisotopic (exact) mass is 268 g/mol. The predicted molar refractivity (Wildman–Crippen MR) is 78.0 cm³/mol. The van der Waals surface area contributed by atoms with Gasteiger partial charge in [-0.3, -0.25) is 15.0 Å². The lowest BCUT2D eigenvalue weighted by Gasteiger charge is -2.08. The Hall–Kier alpha value is -2.46. The van der Waals surface area contributed by atoms with Gasteiger partial charge in [0, 0.05) is 18.2 Å². The molecule has 0 aliphatic carbocycles. The third-order valence-electron chi connectivity index (χ3n) is 2.98. The molecule has 20 heavy (non-hydrogen) atoms. The minimum atomic E-state index is -0.436. The maximum Gasteiger partial charge on any atom is 0.247 e. The maximum atomic E-state index is 11.0. The molecular weight excluding hydrogens is 252 g/mol. The summed E-state index contributed by atoms with van der Waals surface area (Å²) in [5.41, 5.74) is 5.65. The number of hydrogen-bond donors (Lipinski definition) is 2. The van der Waals surface area contributed by atoms with Crippen LogP contribution >= 0.6 is 0 Å². The Morgan fingerprint density at radius 1 is 1.30 bits per heavy atom. The second-order valence-electron chi connectivity index (χ2n) is 4.39. The summed E-state index contributed by atoms with van der Waals surface area (Å²) in [5.74, 6) is -0.436. The van der Waals surface area contributed by atoms with Crippen LogP contribution in [0.3, 0.4) is 0 Å². The van der Waals surface area contributed by atoms with Gasteiger partial charge in [-0.2, -0.15) is 0 Å². The molecule has 2 N–H and O–H groups in total. The van der Waals surface area contributed by atoms with E-state index in [1.54, 1.807) is 17.8 Å². The van der Waals surface area contributed by atoms with E-state index in [1.165, 1.54) is 0 Å². The molecule has 0 fully saturated rings. The SMILES string of the molecule is Cc1cccc(-c2ccccn2)c1/C=C\CC(=O)NO. The van der Waals surface area contributed by atoms with Crippen molar-refractivity contribution in [3.05, 3.63) is 59.8 Å². The van der Waals surface area contributed by atoms with Crippen molar-refractivity contribution in [2.24, 2.45) is 0 Å². The summed E-state index contributed by atoms with van der Waals surface area (Å²) in [6.07, 6.45) is 5.49. The van der Waals surface area contributed by atoms with Crippen LogP contribution in [0, 0.1) is 6.92 Å². The molecule has 102 valence electrons. The Morgan fingerprint density at radius 3 is 2.85 bits per heavy atom. The molecular formula is C16H16N2O2. The summed E-state index contributed by atoms with van der Waals surface area (Å²) in [7, 11) is 0. The second kappa shape index (κ2) is 6.63. The molecule has 0 aliphatic rings. The standard InChI is InChI=1S/C16H16N2O2/c1-12-6-4-8-14(15-9-2-3-11-17-15)13(12)7-5-10-16(19)18-20/h2-9,11,20H,10H2,1H3,(H,18,19)/b7-5-. The van der Waals surface area contributed by atoms with Gasteiger partial charge >= 0.3 is 0 Å². The number of rotatable bonds is 4. The average molecular weight is 268 g/mol. The molecule has 4 nitrogen and oxygen atoms in total. The lowest BCUT2D eigenvalue weighted by molar-refractivity contribution is -0.128. The van der Waals surface area contributed by atoms with E-state index in [-0.39, 0.29) is 6.42 Å². The third kappa shape index (κ3) is 3.30. The maximum absolute atomic E-state index is 11.0. The highest BCUT2D eigenvalue weighted by atomic mass is 16.5. The number of nitrogens with zero attached hydrogens (tertiary/aromatic N) is 1. The normalized spacial score (nSPS) is 10.7. The van der Waals surface area contributed by atoms with Gasteiger partial charge in [0.1, 0.15) is 0 Å². The van der Waals surface area contributed by atoms with Gasteiger partial charge in [-0.05, 0) is 30.2 Å². The molecule has 0 atom stereocenters. The zero-order chi connectivity index (χ0) is 14.4. The molecule has 0 spiro atoms. The molecule has 2 rings (SSSR count). The van der Waals surface area contributed by atoms with Gasteiger partial charge in [0.25, 0.3) is 0 Å². The van der Waals surface area contributed by atoms with E-state index < -0.39 is 5.91 Å². The Bertz CT molecular complexity index is 622. The topological polar surface area (TPSA) is 62.2 Å². The molecule has 0 aliphatic heterocycles. The van der Waals surface area contributed by atoms with Crippen LogP contribution in [0.5, 0.6) is 0 Å². The molecule has 0 bridgehead atoms. The van der Waals surface area contributed by atoms with Crippen molar-refractivity contribution in [1.29, 1.82) is 0 Å². The van der Waals surface area contributed by atoms with E-state index in [4.69, 9.17) is 5.21 Å². The quantitative estimate of drug-likeness (QED) is 0.662. The second-order valence-corrected chi connectivity index (χ2v) is 4.39. The Morgan fingerprint density at radius 2 is 2.15 bits per heavy atom. The number of benzene rings is 1. The summed E-state index contributed by atoms with van der Waals surface area (Å²) in [4.78, 5) is 15.4. The predicted octanol–water partition coefficient (Wildman–Crippen LogP) is 2.97. The Kier molecular flexibility index (Phi) is 4.63. The lowest BCUT2D eigenvalue weighted by Crippen LogP contribution is -2.16. The first-order valence-electron chi connectivity index (χ1n) is 6.33.